The van der Waals surface area contributed by atoms with Gasteiger partial charge in [0.15, 0.2) is 0 Å². The summed E-state index contributed by atoms with van der Waals surface area (Å²) in [6, 6.07) is 8.27. The molecule has 1 aromatic carbocycles. The molecular formula is C19H30O2. The Morgan fingerprint density at radius 1 is 1.19 bits per heavy atom. The standard InChI is InChI=1S/C19H30O2/c1-15(2)14-17(8-7-13-20-6)19(4,5)21-18-11-9-16(3)10-12-18/h9-12,14,17H,7-8,13H2,1-6H3. The fourth-order valence-electron chi connectivity index (χ4n) is 2.47. The van der Waals surface area contributed by atoms with Gasteiger partial charge in [0.1, 0.15) is 11.4 Å². The van der Waals surface area contributed by atoms with Crippen LogP contribution in [0.1, 0.15) is 46.1 Å². The largest absolute Gasteiger partial charge is 0.487 e. The SMILES string of the molecule is COCCCC(C=C(C)C)C(C)(C)Oc1ccc(C)cc1. The summed E-state index contributed by atoms with van der Waals surface area (Å²) in [5, 5.41) is 0. The van der Waals surface area contributed by atoms with Crippen LogP contribution in [0.2, 0.25) is 0 Å². The van der Waals surface area contributed by atoms with Gasteiger partial charge in [-0.2, -0.15) is 0 Å². The maximum Gasteiger partial charge on any atom is 0.120 e. The molecule has 0 fully saturated rings. The van der Waals surface area contributed by atoms with Crippen molar-refractivity contribution < 1.29 is 9.47 Å². The van der Waals surface area contributed by atoms with E-state index in [9.17, 15) is 0 Å². The van der Waals surface area contributed by atoms with E-state index >= 15 is 0 Å². The molecule has 0 aliphatic rings. The van der Waals surface area contributed by atoms with Crippen molar-refractivity contribution in [3.8, 4) is 5.75 Å². The van der Waals surface area contributed by atoms with Crippen molar-refractivity contribution in [2.24, 2.45) is 5.92 Å². The van der Waals surface area contributed by atoms with Crippen LogP contribution in [0.15, 0.2) is 35.9 Å². The van der Waals surface area contributed by atoms with Crippen molar-refractivity contribution in [2.75, 3.05) is 13.7 Å². The number of benzene rings is 1. The molecule has 0 heterocycles. The van der Waals surface area contributed by atoms with E-state index in [1.54, 1.807) is 7.11 Å². The Kier molecular flexibility index (Phi) is 6.97. The molecule has 0 saturated carbocycles. The van der Waals surface area contributed by atoms with Crippen LogP contribution in [0.4, 0.5) is 0 Å². The molecule has 21 heavy (non-hydrogen) atoms. The molecule has 0 saturated heterocycles. The monoisotopic (exact) mass is 290 g/mol. The second-order valence-corrected chi connectivity index (χ2v) is 6.50. The highest BCUT2D eigenvalue weighted by Gasteiger charge is 2.29. The van der Waals surface area contributed by atoms with E-state index in [-0.39, 0.29) is 5.60 Å². The van der Waals surface area contributed by atoms with Crippen LogP contribution in [0.5, 0.6) is 5.75 Å². The average Bonchev–Trinajstić information content (AvgIpc) is 2.40. The molecular weight excluding hydrogens is 260 g/mol. The summed E-state index contributed by atoms with van der Waals surface area (Å²) in [7, 11) is 1.75. The summed E-state index contributed by atoms with van der Waals surface area (Å²) in [6.45, 7) is 11.5. The summed E-state index contributed by atoms with van der Waals surface area (Å²) in [6.07, 6.45) is 4.44. The fraction of sp³-hybridized carbons (Fsp3) is 0.579. The minimum atomic E-state index is -0.236. The summed E-state index contributed by atoms with van der Waals surface area (Å²) >= 11 is 0. The lowest BCUT2D eigenvalue weighted by Gasteiger charge is -2.34. The van der Waals surface area contributed by atoms with E-state index in [1.165, 1.54) is 11.1 Å². The van der Waals surface area contributed by atoms with E-state index in [0.29, 0.717) is 5.92 Å². The van der Waals surface area contributed by atoms with E-state index in [1.807, 2.05) is 12.1 Å². The lowest BCUT2D eigenvalue weighted by molar-refractivity contribution is 0.0556. The zero-order valence-corrected chi connectivity index (χ0v) is 14.4. The molecule has 0 bridgehead atoms. The smallest absolute Gasteiger partial charge is 0.120 e. The topological polar surface area (TPSA) is 18.5 Å². The zero-order chi connectivity index (χ0) is 15.9. The summed E-state index contributed by atoms with van der Waals surface area (Å²) < 4.78 is 11.4. The summed E-state index contributed by atoms with van der Waals surface area (Å²) in [4.78, 5) is 0. The number of rotatable bonds is 8. The van der Waals surface area contributed by atoms with Crippen LogP contribution in [-0.2, 0) is 4.74 Å². The zero-order valence-electron chi connectivity index (χ0n) is 14.4. The summed E-state index contributed by atoms with van der Waals surface area (Å²) in [5.74, 6) is 1.31. The molecule has 0 N–H and O–H groups in total. The first-order valence-electron chi connectivity index (χ1n) is 7.75. The Morgan fingerprint density at radius 3 is 2.33 bits per heavy atom. The van der Waals surface area contributed by atoms with Crippen LogP contribution in [0, 0.1) is 12.8 Å². The van der Waals surface area contributed by atoms with Gasteiger partial charge in [0.2, 0.25) is 0 Å². The van der Waals surface area contributed by atoms with Gasteiger partial charge in [-0.25, -0.2) is 0 Å². The Balaban J connectivity index is 2.81. The number of hydrogen-bond acceptors (Lipinski definition) is 2. The van der Waals surface area contributed by atoms with Crippen LogP contribution >= 0.6 is 0 Å². The first-order chi connectivity index (χ1) is 9.85. The average molecular weight is 290 g/mol. The predicted octanol–water partition coefficient (Wildman–Crippen LogP) is 5.16. The number of allylic oxidation sites excluding steroid dienone is 1. The molecule has 0 aromatic heterocycles. The van der Waals surface area contributed by atoms with Crippen molar-refractivity contribution in [1.82, 2.24) is 0 Å². The van der Waals surface area contributed by atoms with Gasteiger partial charge >= 0.3 is 0 Å². The molecule has 0 amide bonds. The Hall–Kier alpha value is -1.28. The van der Waals surface area contributed by atoms with Gasteiger partial charge in [-0.05, 0) is 59.6 Å². The third-order valence-electron chi connectivity index (χ3n) is 3.69. The van der Waals surface area contributed by atoms with Crippen LogP contribution in [-0.4, -0.2) is 19.3 Å². The Morgan fingerprint density at radius 2 is 1.81 bits per heavy atom. The molecule has 118 valence electrons. The van der Waals surface area contributed by atoms with E-state index < -0.39 is 0 Å². The van der Waals surface area contributed by atoms with Crippen LogP contribution < -0.4 is 4.74 Å². The third-order valence-corrected chi connectivity index (χ3v) is 3.69. The van der Waals surface area contributed by atoms with Crippen LogP contribution in [0.25, 0.3) is 0 Å². The van der Waals surface area contributed by atoms with Gasteiger partial charge in [-0.15, -0.1) is 0 Å². The van der Waals surface area contributed by atoms with Crippen molar-refractivity contribution in [3.63, 3.8) is 0 Å². The second-order valence-electron chi connectivity index (χ2n) is 6.50. The Bertz CT molecular complexity index is 439. The lowest BCUT2D eigenvalue weighted by atomic mass is 9.85. The molecule has 2 nitrogen and oxygen atoms in total. The van der Waals surface area contributed by atoms with Gasteiger partial charge in [0, 0.05) is 19.6 Å². The fourth-order valence-corrected chi connectivity index (χ4v) is 2.47. The van der Waals surface area contributed by atoms with Crippen LogP contribution in [0.3, 0.4) is 0 Å². The summed E-state index contributed by atoms with van der Waals surface area (Å²) in [5.41, 5.74) is 2.35. The number of hydrogen-bond donors (Lipinski definition) is 0. The normalized spacial score (nSPS) is 12.9. The van der Waals surface area contributed by atoms with Gasteiger partial charge in [-0.1, -0.05) is 29.3 Å². The predicted molar refractivity (Wildman–Crippen MR) is 89.9 cm³/mol. The molecule has 0 aliphatic carbocycles. The van der Waals surface area contributed by atoms with E-state index in [0.717, 1.165) is 25.2 Å². The lowest BCUT2D eigenvalue weighted by Crippen LogP contribution is -2.37. The van der Waals surface area contributed by atoms with E-state index in [2.05, 4.69) is 52.8 Å². The van der Waals surface area contributed by atoms with Gasteiger partial charge in [-0.3, -0.25) is 0 Å². The maximum atomic E-state index is 6.27. The molecule has 1 aromatic rings. The molecule has 0 radical (unpaired) electrons. The minimum Gasteiger partial charge on any atom is -0.487 e. The van der Waals surface area contributed by atoms with Crippen molar-refractivity contribution in [1.29, 1.82) is 0 Å². The minimum absolute atomic E-state index is 0.236. The second kappa shape index (κ2) is 8.23. The van der Waals surface area contributed by atoms with Crippen molar-refractivity contribution in [2.45, 2.75) is 53.1 Å². The third kappa shape index (κ3) is 6.34. The number of methoxy groups -OCH3 is 1. The molecule has 2 heteroatoms. The number of ether oxygens (including phenoxy) is 2. The highest BCUT2D eigenvalue weighted by Crippen LogP contribution is 2.30. The highest BCUT2D eigenvalue weighted by molar-refractivity contribution is 5.27. The van der Waals surface area contributed by atoms with Crippen molar-refractivity contribution in [3.05, 3.63) is 41.5 Å². The van der Waals surface area contributed by atoms with Gasteiger partial charge in [0.25, 0.3) is 0 Å². The molecule has 1 unspecified atom stereocenters. The molecule has 1 rings (SSSR count). The van der Waals surface area contributed by atoms with Gasteiger partial charge in [0.05, 0.1) is 0 Å². The van der Waals surface area contributed by atoms with E-state index in [4.69, 9.17) is 9.47 Å². The van der Waals surface area contributed by atoms with Gasteiger partial charge < -0.3 is 9.47 Å². The molecule has 0 spiro atoms. The first kappa shape index (κ1) is 17.8. The molecule has 0 aliphatic heterocycles. The molecule has 1 atom stereocenters. The first-order valence-corrected chi connectivity index (χ1v) is 7.75. The quantitative estimate of drug-likeness (QED) is 0.486. The van der Waals surface area contributed by atoms with Crippen molar-refractivity contribution >= 4 is 0 Å². The number of aryl methyl sites for hydroxylation is 1. The maximum absolute atomic E-state index is 6.27. The Labute approximate surface area is 130 Å². The highest BCUT2D eigenvalue weighted by atomic mass is 16.5.